The summed E-state index contributed by atoms with van der Waals surface area (Å²) in [5, 5.41) is 4.21. The second-order valence-electron chi connectivity index (χ2n) is 6.46. The molecule has 0 radical (unpaired) electrons. The van der Waals surface area contributed by atoms with Gasteiger partial charge >= 0.3 is 0 Å². The molecular formula is C15H28N2OS. The Kier molecular flexibility index (Phi) is 4.83. The highest BCUT2D eigenvalue weighted by molar-refractivity contribution is 7.99. The van der Waals surface area contributed by atoms with Crippen LogP contribution in [0.3, 0.4) is 0 Å². The van der Waals surface area contributed by atoms with Gasteiger partial charge in [0.25, 0.3) is 0 Å². The normalized spacial score (nSPS) is 36.3. The minimum atomic E-state index is -0.353. The fourth-order valence-electron chi connectivity index (χ4n) is 3.06. The van der Waals surface area contributed by atoms with Gasteiger partial charge in [-0.05, 0) is 37.9 Å². The summed E-state index contributed by atoms with van der Waals surface area (Å²) in [6.07, 6.45) is 5.00. The highest BCUT2D eigenvalue weighted by Crippen LogP contribution is 2.31. The molecule has 3 unspecified atom stereocenters. The second-order valence-corrected chi connectivity index (χ2v) is 7.87. The molecule has 1 N–H and O–H groups in total. The first-order valence-corrected chi connectivity index (χ1v) is 8.73. The molecule has 0 saturated carbocycles. The molecule has 19 heavy (non-hydrogen) atoms. The Morgan fingerprint density at radius 3 is 2.74 bits per heavy atom. The average Bonchev–Trinajstić information content (AvgIpc) is 2.66. The van der Waals surface area contributed by atoms with Crippen molar-refractivity contribution in [2.45, 2.75) is 70.3 Å². The van der Waals surface area contributed by atoms with Crippen LogP contribution in [-0.2, 0) is 4.79 Å². The van der Waals surface area contributed by atoms with E-state index in [1.54, 1.807) is 0 Å². The first-order chi connectivity index (χ1) is 8.98. The molecule has 2 aliphatic heterocycles. The summed E-state index contributed by atoms with van der Waals surface area (Å²) < 4.78 is 0. The Morgan fingerprint density at radius 1 is 1.47 bits per heavy atom. The third-order valence-electron chi connectivity index (χ3n) is 4.55. The molecule has 0 aromatic heterocycles. The van der Waals surface area contributed by atoms with Gasteiger partial charge in [-0.1, -0.05) is 27.2 Å². The van der Waals surface area contributed by atoms with Gasteiger partial charge in [0.15, 0.2) is 0 Å². The van der Waals surface area contributed by atoms with Crippen LogP contribution in [0, 0.1) is 5.92 Å². The first kappa shape index (κ1) is 15.2. The van der Waals surface area contributed by atoms with Crippen molar-refractivity contribution >= 4 is 17.7 Å². The van der Waals surface area contributed by atoms with Gasteiger partial charge in [-0.15, -0.1) is 0 Å². The Bertz CT molecular complexity index is 328. The van der Waals surface area contributed by atoms with E-state index < -0.39 is 0 Å². The number of nitrogens with zero attached hydrogens (tertiary/aromatic N) is 1. The van der Waals surface area contributed by atoms with Gasteiger partial charge in [0.2, 0.25) is 5.91 Å². The highest BCUT2D eigenvalue weighted by atomic mass is 32.2. The lowest BCUT2D eigenvalue weighted by molar-refractivity contribution is -0.133. The van der Waals surface area contributed by atoms with Crippen molar-refractivity contribution in [3.05, 3.63) is 0 Å². The lowest BCUT2D eigenvalue weighted by Crippen LogP contribution is -2.45. The van der Waals surface area contributed by atoms with Gasteiger partial charge in [0.1, 0.15) is 0 Å². The van der Waals surface area contributed by atoms with E-state index in [2.05, 4.69) is 49.7 Å². The van der Waals surface area contributed by atoms with Gasteiger partial charge in [0, 0.05) is 11.8 Å². The van der Waals surface area contributed by atoms with Crippen molar-refractivity contribution in [3.8, 4) is 0 Å². The molecule has 2 aliphatic rings. The molecule has 0 spiro atoms. The summed E-state index contributed by atoms with van der Waals surface area (Å²) in [6.45, 7) is 9.48. The van der Waals surface area contributed by atoms with Crippen LogP contribution in [-0.4, -0.2) is 40.1 Å². The molecule has 2 rings (SSSR count). The maximum absolute atomic E-state index is 12.7. The molecule has 0 aromatic rings. The van der Waals surface area contributed by atoms with E-state index >= 15 is 0 Å². The number of carbonyl (C=O) groups is 1. The quantitative estimate of drug-likeness (QED) is 0.861. The van der Waals surface area contributed by atoms with Gasteiger partial charge in [-0.2, -0.15) is 11.8 Å². The lowest BCUT2D eigenvalue weighted by Gasteiger charge is -2.32. The molecule has 3 nitrogen and oxygen atoms in total. The predicted molar refractivity (Wildman–Crippen MR) is 82.3 cm³/mol. The molecule has 0 aromatic carbocycles. The maximum atomic E-state index is 12.7. The van der Waals surface area contributed by atoms with Gasteiger partial charge in [0.05, 0.1) is 11.7 Å². The van der Waals surface area contributed by atoms with E-state index in [1.807, 2.05) is 0 Å². The summed E-state index contributed by atoms with van der Waals surface area (Å²) in [4.78, 5) is 14.8. The number of hydrogen-bond donors (Lipinski definition) is 1. The minimum absolute atomic E-state index is 0.208. The van der Waals surface area contributed by atoms with Crippen molar-refractivity contribution in [3.63, 3.8) is 0 Å². The van der Waals surface area contributed by atoms with Crippen LogP contribution in [0.25, 0.3) is 0 Å². The predicted octanol–water partition coefficient (Wildman–Crippen LogP) is 2.85. The van der Waals surface area contributed by atoms with Gasteiger partial charge in [-0.25, -0.2) is 0 Å². The van der Waals surface area contributed by atoms with E-state index in [0.29, 0.717) is 17.1 Å². The first-order valence-electron chi connectivity index (χ1n) is 7.68. The second kappa shape index (κ2) is 6.04. The van der Waals surface area contributed by atoms with E-state index in [-0.39, 0.29) is 11.7 Å². The number of nitrogens with one attached hydrogen (secondary N) is 1. The van der Waals surface area contributed by atoms with E-state index in [4.69, 9.17) is 0 Å². The van der Waals surface area contributed by atoms with Crippen LogP contribution in [0.5, 0.6) is 0 Å². The maximum Gasteiger partial charge on any atom is 0.243 e. The molecule has 0 aliphatic carbocycles. The molecule has 2 saturated heterocycles. The van der Waals surface area contributed by atoms with E-state index in [9.17, 15) is 4.79 Å². The molecule has 110 valence electrons. The standard InChI is InChI=1S/C15H28N2OS/c1-5-15(4)14(18)17(13(16-15)11(2)3)10-12-8-6-7-9-19-12/h11-13,16H,5-10H2,1-4H3. The zero-order valence-corrected chi connectivity index (χ0v) is 13.6. The zero-order chi connectivity index (χ0) is 14.0. The SMILES string of the molecule is CCC1(C)NC(C(C)C)N(CC2CCCCS2)C1=O. The monoisotopic (exact) mass is 284 g/mol. The van der Waals surface area contributed by atoms with Gasteiger partial charge < -0.3 is 4.90 Å². The minimum Gasteiger partial charge on any atom is -0.324 e. The zero-order valence-electron chi connectivity index (χ0n) is 12.7. The smallest absolute Gasteiger partial charge is 0.243 e. The number of carbonyl (C=O) groups excluding carboxylic acids is 1. The summed E-state index contributed by atoms with van der Waals surface area (Å²) in [7, 11) is 0. The largest absolute Gasteiger partial charge is 0.324 e. The van der Waals surface area contributed by atoms with Crippen molar-refractivity contribution < 1.29 is 4.79 Å². The fraction of sp³-hybridized carbons (Fsp3) is 0.933. The van der Waals surface area contributed by atoms with E-state index in [1.165, 1.54) is 25.0 Å². The third-order valence-corrected chi connectivity index (χ3v) is 5.93. The van der Waals surface area contributed by atoms with Crippen molar-refractivity contribution in [2.75, 3.05) is 12.3 Å². The van der Waals surface area contributed by atoms with Crippen LogP contribution in [0.2, 0.25) is 0 Å². The summed E-state index contributed by atoms with van der Waals surface area (Å²) in [5.74, 6) is 2.03. The Labute approximate surface area is 121 Å². The molecule has 2 fully saturated rings. The van der Waals surface area contributed by atoms with Crippen LogP contribution >= 0.6 is 11.8 Å². The number of rotatable bonds is 4. The molecule has 1 amide bonds. The molecular weight excluding hydrogens is 256 g/mol. The van der Waals surface area contributed by atoms with Crippen LogP contribution in [0.15, 0.2) is 0 Å². The average molecular weight is 284 g/mol. The molecule has 0 bridgehead atoms. The van der Waals surface area contributed by atoms with Crippen molar-refractivity contribution in [1.29, 1.82) is 0 Å². The number of thioether (sulfide) groups is 1. The van der Waals surface area contributed by atoms with Gasteiger partial charge in [-0.3, -0.25) is 10.1 Å². The molecule has 4 heteroatoms. The number of hydrogen-bond acceptors (Lipinski definition) is 3. The topological polar surface area (TPSA) is 32.3 Å². The Hall–Kier alpha value is -0.220. The van der Waals surface area contributed by atoms with Crippen LogP contribution in [0.1, 0.15) is 53.4 Å². The van der Waals surface area contributed by atoms with Crippen molar-refractivity contribution in [1.82, 2.24) is 10.2 Å². The summed E-state index contributed by atoms with van der Waals surface area (Å²) >= 11 is 2.05. The Balaban J connectivity index is 2.08. The summed E-state index contributed by atoms with van der Waals surface area (Å²) in [6, 6.07) is 0. The van der Waals surface area contributed by atoms with Crippen LogP contribution in [0.4, 0.5) is 0 Å². The molecule has 3 atom stereocenters. The highest BCUT2D eigenvalue weighted by Gasteiger charge is 2.47. The van der Waals surface area contributed by atoms with Crippen LogP contribution < -0.4 is 5.32 Å². The summed E-state index contributed by atoms with van der Waals surface area (Å²) in [5.41, 5.74) is -0.353. The van der Waals surface area contributed by atoms with E-state index in [0.717, 1.165) is 13.0 Å². The van der Waals surface area contributed by atoms with Crippen molar-refractivity contribution in [2.24, 2.45) is 5.92 Å². The Morgan fingerprint density at radius 2 is 2.21 bits per heavy atom. The molecule has 2 heterocycles. The lowest BCUT2D eigenvalue weighted by atomic mass is 9.99. The third kappa shape index (κ3) is 3.10. The number of amides is 1. The fourth-order valence-corrected chi connectivity index (χ4v) is 4.36.